The average molecular weight is 480 g/mol. The van der Waals surface area contributed by atoms with Gasteiger partial charge in [0.15, 0.2) is 6.04 Å². The van der Waals surface area contributed by atoms with Gasteiger partial charge in [0, 0.05) is 12.2 Å². The van der Waals surface area contributed by atoms with E-state index in [0.717, 1.165) is 0 Å². The summed E-state index contributed by atoms with van der Waals surface area (Å²) in [6.07, 6.45) is -1.08. The average Bonchev–Trinajstić information content (AvgIpc) is 2.72. The molecule has 0 saturated carbocycles. The first-order valence-corrected chi connectivity index (χ1v) is 10.7. The van der Waals surface area contributed by atoms with Gasteiger partial charge in [0.25, 0.3) is 0 Å². The van der Waals surface area contributed by atoms with Gasteiger partial charge in [-0.05, 0) is 39.2 Å². The minimum Gasteiger partial charge on any atom is -0.481 e. The number of nitrogens with two attached hydrogens (primary N) is 2. The minimum atomic E-state index is -1.60. The maximum Gasteiger partial charge on any atom is 0.328 e. The Balaban J connectivity index is 5.50. The number of nitrogens with one attached hydrogen (secondary N) is 3. The van der Waals surface area contributed by atoms with E-state index in [0.29, 0.717) is 19.4 Å². The summed E-state index contributed by atoms with van der Waals surface area (Å²) in [6.45, 7) is 1.51. The predicted octanol–water partition coefficient (Wildman–Crippen LogP) is -2.84. The second kappa shape index (κ2) is 15.4. The molecular formula is C18H33N5O8S. The minimum absolute atomic E-state index is 0.0147. The van der Waals surface area contributed by atoms with Crippen LogP contribution in [0.2, 0.25) is 0 Å². The second-order valence-corrected chi connectivity index (χ2v) is 7.56. The molecule has 0 aliphatic rings. The Morgan fingerprint density at radius 3 is 1.91 bits per heavy atom. The Bertz CT molecular complexity index is 663. The third-order valence-corrected chi connectivity index (χ3v) is 4.83. The van der Waals surface area contributed by atoms with E-state index in [4.69, 9.17) is 21.7 Å². The number of amides is 3. The molecule has 10 N–H and O–H groups in total. The van der Waals surface area contributed by atoms with Crippen LogP contribution >= 0.6 is 12.6 Å². The van der Waals surface area contributed by atoms with Crippen LogP contribution in [0.5, 0.6) is 0 Å². The van der Waals surface area contributed by atoms with Gasteiger partial charge < -0.3 is 42.7 Å². The van der Waals surface area contributed by atoms with E-state index in [2.05, 4.69) is 28.6 Å². The molecule has 0 aliphatic carbocycles. The first-order valence-electron chi connectivity index (χ1n) is 10.0. The van der Waals surface area contributed by atoms with Gasteiger partial charge in [-0.2, -0.15) is 12.6 Å². The lowest BCUT2D eigenvalue weighted by molar-refractivity contribution is -0.145. The van der Waals surface area contributed by atoms with E-state index in [1.165, 1.54) is 6.92 Å². The highest BCUT2D eigenvalue weighted by atomic mass is 32.1. The van der Waals surface area contributed by atoms with Gasteiger partial charge in [0.05, 0.1) is 12.1 Å². The van der Waals surface area contributed by atoms with E-state index in [9.17, 15) is 29.1 Å². The summed E-state index contributed by atoms with van der Waals surface area (Å²) in [5.74, 6) is -5.11. The molecule has 5 unspecified atom stereocenters. The number of aliphatic carboxylic acids is 2. The molecule has 0 aromatic rings. The lowest BCUT2D eigenvalue weighted by atomic mass is 10.0. The van der Waals surface area contributed by atoms with Crippen molar-refractivity contribution >= 4 is 42.3 Å². The van der Waals surface area contributed by atoms with Crippen LogP contribution in [0.25, 0.3) is 0 Å². The van der Waals surface area contributed by atoms with Crippen molar-refractivity contribution in [3.05, 3.63) is 0 Å². The first-order chi connectivity index (χ1) is 14.9. The number of hydrogen-bond donors (Lipinski definition) is 9. The van der Waals surface area contributed by atoms with Crippen molar-refractivity contribution in [3.63, 3.8) is 0 Å². The largest absolute Gasteiger partial charge is 0.481 e. The highest BCUT2D eigenvalue weighted by Gasteiger charge is 2.31. The van der Waals surface area contributed by atoms with Gasteiger partial charge >= 0.3 is 11.9 Å². The van der Waals surface area contributed by atoms with Gasteiger partial charge in [0.1, 0.15) is 12.1 Å². The van der Waals surface area contributed by atoms with Crippen molar-refractivity contribution in [2.45, 2.75) is 69.3 Å². The van der Waals surface area contributed by atoms with Crippen LogP contribution in [-0.4, -0.2) is 87.5 Å². The molecule has 0 saturated heterocycles. The number of aliphatic hydroxyl groups excluding tert-OH is 1. The quantitative estimate of drug-likeness (QED) is 0.0812. The molecule has 184 valence electrons. The molecule has 0 spiro atoms. The number of unbranched alkanes of at least 4 members (excludes halogenated alkanes) is 1. The van der Waals surface area contributed by atoms with Crippen LogP contribution in [0.15, 0.2) is 0 Å². The Labute approximate surface area is 191 Å². The van der Waals surface area contributed by atoms with Crippen molar-refractivity contribution < 1.29 is 39.3 Å². The fourth-order valence-corrected chi connectivity index (χ4v) is 2.74. The fourth-order valence-electron chi connectivity index (χ4n) is 2.57. The van der Waals surface area contributed by atoms with Crippen molar-refractivity contribution in [1.29, 1.82) is 0 Å². The van der Waals surface area contributed by atoms with Crippen LogP contribution in [0.3, 0.4) is 0 Å². The topological polar surface area (TPSA) is 234 Å². The second-order valence-electron chi connectivity index (χ2n) is 7.19. The summed E-state index contributed by atoms with van der Waals surface area (Å²) in [7, 11) is 0. The van der Waals surface area contributed by atoms with Gasteiger partial charge in [0.2, 0.25) is 17.7 Å². The van der Waals surface area contributed by atoms with Crippen LogP contribution in [0.1, 0.15) is 39.0 Å². The van der Waals surface area contributed by atoms with Crippen molar-refractivity contribution in [2.75, 3.05) is 12.3 Å². The summed E-state index contributed by atoms with van der Waals surface area (Å²) in [5, 5.41) is 34.6. The summed E-state index contributed by atoms with van der Waals surface area (Å²) in [6, 6.07) is -5.16. The monoisotopic (exact) mass is 479 g/mol. The summed E-state index contributed by atoms with van der Waals surface area (Å²) in [4.78, 5) is 59.6. The summed E-state index contributed by atoms with van der Waals surface area (Å²) in [5.41, 5.74) is 11.0. The smallest absolute Gasteiger partial charge is 0.328 e. The molecule has 0 fully saturated rings. The molecule has 0 aromatic carbocycles. The number of carbonyl (C=O) groups is 5. The maximum atomic E-state index is 12.8. The zero-order chi connectivity index (χ0) is 24.8. The lowest BCUT2D eigenvalue weighted by Crippen LogP contribution is -2.58. The number of thiol groups is 1. The van der Waals surface area contributed by atoms with E-state index in [1.807, 2.05) is 0 Å². The van der Waals surface area contributed by atoms with E-state index < -0.39 is 66.4 Å². The molecule has 0 bridgehead atoms. The van der Waals surface area contributed by atoms with Crippen molar-refractivity contribution in [3.8, 4) is 0 Å². The third-order valence-electron chi connectivity index (χ3n) is 4.44. The highest BCUT2D eigenvalue weighted by Crippen LogP contribution is 2.06. The summed E-state index contributed by atoms with van der Waals surface area (Å²) >= 11 is 3.90. The van der Waals surface area contributed by atoms with E-state index >= 15 is 0 Å². The van der Waals surface area contributed by atoms with Crippen LogP contribution in [0.4, 0.5) is 0 Å². The number of rotatable bonds is 16. The molecule has 14 heteroatoms. The number of carbonyl (C=O) groups excluding carboxylic acids is 3. The molecule has 32 heavy (non-hydrogen) atoms. The molecule has 3 amide bonds. The zero-order valence-electron chi connectivity index (χ0n) is 17.8. The van der Waals surface area contributed by atoms with Crippen LogP contribution in [-0.2, 0) is 24.0 Å². The number of aliphatic hydroxyl groups is 1. The van der Waals surface area contributed by atoms with Gasteiger partial charge in [-0.3, -0.25) is 19.2 Å². The first kappa shape index (κ1) is 29.6. The van der Waals surface area contributed by atoms with Crippen LogP contribution in [0, 0.1) is 0 Å². The third kappa shape index (κ3) is 11.3. The van der Waals surface area contributed by atoms with E-state index in [-0.39, 0.29) is 18.6 Å². The molecular weight excluding hydrogens is 446 g/mol. The summed E-state index contributed by atoms with van der Waals surface area (Å²) < 4.78 is 0. The van der Waals surface area contributed by atoms with Gasteiger partial charge in [-0.15, -0.1) is 0 Å². The Kier molecular flexibility index (Phi) is 14.2. The number of hydrogen-bond acceptors (Lipinski definition) is 9. The highest BCUT2D eigenvalue weighted by molar-refractivity contribution is 7.80. The molecule has 0 heterocycles. The standard InChI is InChI=1S/C18H33N5O8S/c1-9(24)14(18(30)31)23-17(29)11(4-2-3-7-19)22-16(28)12(5-6-13(25)26)21-15(27)10(20)8-32/h9-12,14,24,32H,2-8,19-20H2,1H3,(H,21,27)(H,22,28)(H,23,29)(H,25,26)(H,30,31). The molecule has 0 rings (SSSR count). The maximum absolute atomic E-state index is 12.8. The Morgan fingerprint density at radius 1 is 0.906 bits per heavy atom. The fraction of sp³-hybridized carbons (Fsp3) is 0.722. The molecule has 0 radical (unpaired) electrons. The van der Waals surface area contributed by atoms with Crippen molar-refractivity contribution in [1.82, 2.24) is 16.0 Å². The van der Waals surface area contributed by atoms with Gasteiger partial charge in [-0.1, -0.05) is 0 Å². The molecule has 0 aliphatic heterocycles. The van der Waals surface area contributed by atoms with Gasteiger partial charge in [-0.25, -0.2) is 4.79 Å². The lowest BCUT2D eigenvalue weighted by Gasteiger charge is -2.25. The van der Waals surface area contributed by atoms with Crippen molar-refractivity contribution in [2.24, 2.45) is 11.5 Å². The Hall–Kier alpha value is -2.42. The zero-order valence-corrected chi connectivity index (χ0v) is 18.7. The van der Waals surface area contributed by atoms with E-state index in [1.54, 1.807) is 0 Å². The predicted molar refractivity (Wildman–Crippen MR) is 117 cm³/mol. The molecule has 13 nitrogen and oxygen atoms in total. The molecule has 0 aromatic heterocycles. The SMILES string of the molecule is CC(O)C(NC(=O)C(CCCCN)NC(=O)C(CCC(=O)O)NC(=O)C(N)CS)C(=O)O. The Morgan fingerprint density at radius 2 is 1.44 bits per heavy atom. The molecule has 5 atom stereocenters. The number of carboxylic acids is 2. The number of carboxylic acid groups (broad SMARTS) is 2. The van der Waals surface area contributed by atoms with Crippen LogP contribution < -0.4 is 27.4 Å². The normalized spacial score (nSPS) is 15.5.